The second-order valence-corrected chi connectivity index (χ2v) is 8.33. The van der Waals surface area contributed by atoms with Gasteiger partial charge in [0.25, 0.3) is 10.0 Å². The van der Waals surface area contributed by atoms with Crippen LogP contribution in [0.1, 0.15) is 6.92 Å². The number of benzene rings is 2. The number of anilines is 3. The maximum atomic E-state index is 12.5. The van der Waals surface area contributed by atoms with Crippen LogP contribution in [0.2, 0.25) is 0 Å². The van der Waals surface area contributed by atoms with Gasteiger partial charge >= 0.3 is 0 Å². The second kappa shape index (κ2) is 7.98. The van der Waals surface area contributed by atoms with Crippen molar-refractivity contribution in [1.82, 2.24) is 4.90 Å². The predicted octanol–water partition coefficient (Wildman–Crippen LogP) is 2.20. The third-order valence-corrected chi connectivity index (χ3v) is 5.87. The van der Waals surface area contributed by atoms with Crippen molar-refractivity contribution in [2.45, 2.75) is 11.8 Å². The van der Waals surface area contributed by atoms with Gasteiger partial charge in [0, 0.05) is 50.2 Å². The van der Waals surface area contributed by atoms with Crippen molar-refractivity contribution in [1.29, 1.82) is 0 Å². The number of sulfonamides is 1. The highest BCUT2D eigenvalue weighted by Crippen LogP contribution is 2.22. The molecule has 1 heterocycles. The van der Waals surface area contributed by atoms with Gasteiger partial charge in [-0.05, 0) is 55.6 Å². The lowest BCUT2D eigenvalue weighted by molar-refractivity contribution is -0.114. The van der Waals surface area contributed by atoms with Gasteiger partial charge < -0.3 is 15.1 Å². The first-order chi connectivity index (χ1) is 12.8. The van der Waals surface area contributed by atoms with Gasteiger partial charge in [0.05, 0.1) is 4.90 Å². The van der Waals surface area contributed by atoms with Gasteiger partial charge in [-0.25, -0.2) is 8.42 Å². The first-order valence-corrected chi connectivity index (χ1v) is 10.3. The Bertz CT molecular complexity index is 888. The summed E-state index contributed by atoms with van der Waals surface area (Å²) in [5, 5.41) is 2.61. The molecule has 0 atom stereocenters. The van der Waals surface area contributed by atoms with Crippen molar-refractivity contribution in [2.24, 2.45) is 0 Å². The first-order valence-electron chi connectivity index (χ1n) is 8.77. The van der Waals surface area contributed by atoms with E-state index in [-0.39, 0.29) is 10.8 Å². The van der Waals surface area contributed by atoms with Gasteiger partial charge in [0.15, 0.2) is 0 Å². The van der Waals surface area contributed by atoms with Crippen LogP contribution in [-0.2, 0) is 14.8 Å². The number of nitrogens with one attached hydrogen (secondary N) is 2. The van der Waals surface area contributed by atoms with Gasteiger partial charge in [-0.15, -0.1) is 0 Å². The fourth-order valence-corrected chi connectivity index (χ4v) is 4.00. The van der Waals surface area contributed by atoms with E-state index in [1.54, 1.807) is 24.3 Å². The molecule has 1 aliphatic heterocycles. The number of hydrogen-bond donors (Lipinski definition) is 2. The Kier molecular flexibility index (Phi) is 5.67. The number of carbonyl (C=O) groups is 1. The molecule has 0 spiro atoms. The van der Waals surface area contributed by atoms with Crippen LogP contribution in [0.15, 0.2) is 53.4 Å². The highest BCUT2D eigenvalue weighted by molar-refractivity contribution is 7.92. The van der Waals surface area contributed by atoms with Crippen LogP contribution >= 0.6 is 0 Å². The molecule has 1 amide bonds. The average molecular weight is 388 g/mol. The minimum absolute atomic E-state index is 0.139. The topological polar surface area (TPSA) is 81.7 Å². The number of amides is 1. The third-order valence-electron chi connectivity index (χ3n) is 4.47. The normalized spacial score (nSPS) is 15.4. The van der Waals surface area contributed by atoms with E-state index in [0.29, 0.717) is 11.4 Å². The maximum Gasteiger partial charge on any atom is 0.261 e. The molecule has 1 fully saturated rings. The van der Waals surface area contributed by atoms with Crippen molar-refractivity contribution in [3.8, 4) is 0 Å². The molecule has 8 heteroatoms. The van der Waals surface area contributed by atoms with E-state index >= 15 is 0 Å². The molecule has 2 N–H and O–H groups in total. The van der Waals surface area contributed by atoms with Crippen LogP contribution < -0.4 is 14.9 Å². The summed E-state index contributed by atoms with van der Waals surface area (Å²) < 4.78 is 27.7. The highest BCUT2D eigenvalue weighted by Gasteiger charge is 2.16. The van der Waals surface area contributed by atoms with Crippen molar-refractivity contribution < 1.29 is 13.2 Å². The largest absolute Gasteiger partial charge is 0.369 e. The van der Waals surface area contributed by atoms with Crippen LogP contribution in [0.3, 0.4) is 0 Å². The van der Waals surface area contributed by atoms with Crippen LogP contribution in [0.25, 0.3) is 0 Å². The molecule has 144 valence electrons. The number of carbonyl (C=O) groups excluding carboxylic acids is 1. The lowest BCUT2D eigenvalue weighted by atomic mass is 10.2. The lowest BCUT2D eigenvalue weighted by Crippen LogP contribution is -2.44. The molecule has 0 aromatic heterocycles. The Labute approximate surface area is 160 Å². The molecule has 0 unspecified atom stereocenters. The zero-order chi connectivity index (χ0) is 19.4. The van der Waals surface area contributed by atoms with Gasteiger partial charge in [0.2, 0.25) is 5.91 Å². The molecule has 0 bridgehead atoms. The molecule has 0 radical (unpaired) electrons. The van der Waals surface area contributed by atoms with E-state index in [1.807, 2.05) is 12.1 Å². The van der Waals surface area contributed by atoms with Crippen LogP contribution in [0.5, 0.6) is 0 Å². The van der Waals surface area contributed by atoms with Gasteiger partial charge in [0.1, 0.15) is 0 Å². The van der Waals surface area contributed by atoms with E-state index < -0.39 is 10.0 Å². The van der Waals surface area contributed by atoms with E-state index in [1.165, 1.54) is 19.1 Å². The fraction of sp³-hybridized carbons (Fsp3) is 0.316. The lowest BCUT2D eigenvalue weighted by Gasteiger charge is -2.34. The van der Waals surface area contributed by atoms with Crippen LogP contribution in [-0.4, -0.2) is 52.5 Å². The molecule has 1 aliphatic rings. The Balaban J connectivity index is 1.67. The number of rotatable bonds is 5. The summed E-state index contributed by atoms with van der Waals surface area (Å²) in [5.74, 6) is -0.204. The number of hydrogen-bond acceptors (Lipinski definition) is 5. The summed E-state index contributed by atoms with van der Waals surface area (Å²) in [7, 11) is -1.58. The summed E-state index contributed by atoms with van der Waals surface area (Å²) in [6.45, 7) is 5.36. The Hall–Kier alpha value is -2.58. The van der Waals surface area contributed by atoms with E-state index in [0.717, 1.165) is 31.9 Å². The maximum absolute atomic E-state index is 12.5. The third kappa shape index (κ3) is 4.99. The summed E-state index contributed by atoms with van der Waals surface area (Å²) in [6, 6.07) is 13.5. The summed E-state index contributed by atoms with van der Waals surface area (Å²) >= 11 is 0. The second-order valence-electron chi connectivity index (χ2n) is 6.65. The molecular formula is C19H24N4O3S. The van der Waals surface area contributed by atoms with Crippen molar-refractivity contribution in [3.05, 3.63) is 48.5 Å². The molecular weight excluding hydrogens is 364 g/mol. The summed E-state index contributed by atoms with van der Waals surface area (Å²) in [6.07, 6.45) is 0. The monoisotopic (exact) mass is 388 g/mol. The van der Waals surface area contributed by atoms with E-state index in [2.05, 4.69) is 26.9 Å². The van der Waals surface area contributed by atoms with Crippen LogP contribution in [0, 0.1) is 0 Å². The minimum atomic E-state index is -3.69. The standard InChI is InChI=1S/C19H24N4O3S/c1-15(24)20-16-5-9-19(10-6-16)27(25,26)21-17-3-7-18(8-4-17)23-13-11-22(2)12-14-23/h3-10,21H,11-14H2,1-2H3,(H,20,24). The number of piperazine rings is 1. The van der Waals surface area contributed by atoms with Crippen LogP contribution in [0.4, 0.5) is 17.1 Å². The minimum Gasteiger partial charge on any atom is -0.369 e. The highest BCUT2D eigenvalue weighted by atomic mass is 32.2. The number of likely N-dealkylation sites (N-methyl/N-ethyl adjacent to an activating group) is 1. The fourth-order valence-electron chi connectivity index (χ4n) is 2.94. The average Bonchev–Trinajstić information content (AvgIpc) is 2.63. The van der Waals surface area contributed by atoms with E-state index in [9.17, 15) is 13.2 Å². The van der Waals surface area contributed by atoms with Crippen molar-refractivity contribution in [2.75, 3.05) is 48.2 Å². The SMILES string of the molecule is CC(=O)Nc1ccc(S(=O)(=O)Nc2ccc(N3CCN(C)CC3)cc2)cc1. The molecule has 2 aromatic rings. The molecule has 2 aromatic carbocycles. The Morgan fingerprint density at radius 2 is 1.44 bits per heavy atom. The predicted molar refractivity (Wildman–Crippen MR) is 108 cm³/mol. The first kappa shape index (κ1) is 19.2. The van der Waals surface area contributed by atoms with Gasteiger partial charge in [-0.3, -0.25) is 9.52 Å². The zero-order valence-corrected chi connectivity index (χ0v) is 16.3. The Morgan fingerprint density at radius 3 is 2.00 bits per heavy atom. The molecule has 0 saturated carbocycles. The van der Waals surface area contributed by atoms with E-state index in [4.69, 9.17) is 0 Å². The number of nitrogens with zero attached hydrogens (tertiary/aromatic N) is 2. The summed E-state index contributed by atoms with van der Waals surface area (Å²) in [4.78, 5) is 15.8. The molecule has 27 heavy (non-hydrogen) atoms. The quantitative estimate of drug-likeness (QED) is 0.821. The molecule has 7 nitrogen and oxygen atoms in total. The molecule has 0 aliphatic carbocycles. The Morgan fingerprint density at radius 1 is 0.889 bits per heavy atom. The van der Waals surface area contributed by atoms with Crippen molar-refractivity contribution in [3.63, 3.8) is 0 Å². The smallest absolute Gasteiger partial charge is 0.261 e. The molecule has 1 saturated heterocycles. The van der Waals surface area contributed by atoms with Crippen molar-refractivity contribution >= 4 is 33.0 Å². The van der Waals surface area contributed by atoms with Gasteiger partial charge in [-0.2, -0.15) is 0 Å². The van der Waals surface area contributed by atoms with Gasteiger partial charge in [-0.1, -0.05) is 0 Å². The molecule has 3 rings (SSSR count). The summed E-state index contributed by atoms with van der Waals surface area (Å²) in [5.41, 5.74) is 2.16. The zero-order valence-electron chi connectivity index (χ0n) is 15.5.